The van der Waals surface area contributed by atoms with E-state index in [-0.39, 0.29) is 11.9 Å². The van der Waals surface area contributed by atoms with Gasteiger partial charge in [0.05, 0.1) is 26.2 Å². The van der Waals surface area contributed by atoms with Gasteiger partial charge in [0.25, 0.3) is 0 Å². The van der Waals surface area contributed by atoms with E-state index in [1.165, 1.54) is 7.11 Å². The topological polar surface area (TPSA) is 57.1 Å². The third kappa shape index (κ3) is 13.0. The molecule has 0 N–H and O–H groups in total. The molecule has 0 spiro atoms. The molecular weight excluding hydrogens is 450 g/mol. The third-order valence-electron chi connectivity index (χ3n) is 5.66. The number of nitrogens with zero attached hydrogens (tertiary/aromatic N) is 1. The zero-order valence-corrected chi connectivity index (χ0v) is 22.4. The molecule has 5 nitrogen and oxygen atoms in total. The molecule has 1 aromatic carbocycles. The van der Waals surface area contributed by atoms with Crippen molar-refractivity contribution in [3.63, 3.8) is 0 Å². The largest absolute Gasteiger partial charge is 0.493 e. The van der Waals surface area contributed by atoms with Crippen LogP contribution in [0.1, 0.15) is 64.9 Å². The Labute approximate surface area is 218 Å². The average Bonchev–Trinajstić information content (AvgIpc) is 3.01. The molecule has 2 rings (SSSR count). The normalized spacial score (nSPS) is 19.4. The summed E-state index contributed by atoms with van der Waals surface area (Å²) < 4.78 is 16.8. The number of allylic oxidation sites excluding steroid dienone is 5. The first-order valence-electron chi connectivity index (χ1n) is 12.9. The Balaban J connectivity index is 0.00000205. The van der Waals surface area contributed by atoms with Crippen LogP contribution in [0.3, 0.4) is 0 Å². The molecule has 0 heterocycles. The number of esters is 1. The van der Waals surface area contributed by atoms with Gasteiger partial charge in [-0.25, -0.2) is 0 Å². The lowest BCUT2D eigenvalue weighted by Crippen LogP contribution is -2.16. The molecule has 36 heavy (non-hydrogen) atoms. The Morgan fingerprint density at radius 2 is 1.97 bits per heavy atom. The molecule has 0 fully saturated rings. The first kappa shape index (κ1) is 30.8. The number of methoxy groups -OCH3 is 1. The van der Waals surface area contributed by atoms with Crippen molar-refractivity contribution in [1.82, 2.24) is 0 Å². The predicted octanol–water partition coefficient (Wildman–Crippen LogP) is 6.90. The minimum Gasteiger partial charge on any atom is -0.493 e. The van der Waals surface area contributed by atoms with Crippen molar-refractivity contribution >= 4 is 11.9 Å². The fourth-order valence-corrected chi connectivity index (χ4v) is 3.74. The van der Waals surface area contributed by atoms with Crippen LogP contribution in [0.5, 0.6) is 0 Å². The molecule has 1 aliphatic rings. The molecule has 5 heteroatoms. The van der Waals surface area contributed by atoms with E-state index in [2.05, 4.69) is 35.6 Å². The lowest BCUT2D eigenvalue weighted by atomic mass is 9.91. The van der Waals surface area contributed by atoms with Crippen LogP contribution < -0.4 is 0 Å². The van der Waals surface area contributed by atoms with E-state index in [0.29, 0.717) is 31.6 Å². The van der Waals surface area contributed by atoms with E-state index in [1.54, 1.807) is 6.92 Å². The van der Waals surface area contributed by atoms with Crippen LogP contribution in [0, 0.1) is 24.2 Å². The maximum absolute atomic E-state index is 11.8. The van der Waals surface area contributed by atoms with Crippen molar-refractivity contribution in [2.24, 2.45) is 16.8 Å². The summed E-state index contributed by atoms with van der Waals surface area (Å²) in [6.45, 7) is 7.53. The number of ether oxygens (including phenoxy) is 3. The fraction of sp³-hybridized carbons (Fsp3) is 0.484. The Kier molecular flexibility index (Phi) is 17.1. The maximum atomic E-state index is 11.8. The average molecular weight is 494 g/mol. The third-order valence-corrected chi connectivity index (χ3v) is 5.66. The second kappa shape index (κ2) is 20.0. The highest BCUT2D eigenvalue weighted by atomic mass is 16.5. The maximum Gasteiger partial charge on any atom is 0.308 e. The Hall–Kier alpha value is -3.26. The number of hydrogen-bond donors (Lipinski definition) is 0. The van der Waals surface area contributed by atoms with Gasteiger partial charge in [-0.2, -0.15) is 0 Å². The van der Waals surface area contributed by atoms with Crippen molar-refractivity contribution in [2.45, 2.75) is 59.3 Å². The number of carbonyl (C=O) groups is 1. The van der Waals surface area contributed by atoms with E-state index >= 15 is 0 Å². The zero-order chi connectivity index (χ0) is 26.4. The molecule has 0 saturated heterocycles. The Morgan fingerprint density at radius 3 is 2.64 bits per heavy atom. The second-order valence-corrected chi connectivity index (χ2v) is 8.38. The van der Waals surface area contributed by atoms with Crippen molar-refractivity contribution in [1.29, 1.82) is 0 Å². The molecule has 0 saturated carbocycles. The van der Waals surface area contributed by atoms with Crippen molar-refractivity contribution < 1.29 is 19.0 Å². The van der Waals surface area contributed by atoms with Crippen molar-refractivity contribution in [3.8, 4) is 12.3 Å². The van der Waals surface area contributed by atoms with Gasteiger partial charge in [-0.15, -0.1) is 12.3 Å². The summed E-state index contributed by atoms with van der Waals surface area (Å²) in [6.07, 6.45) is 20.6. The molecule has 1 aliphatic carbocycles. The summed E-state index contributed by atoms with van der Waals surface area (Å²) in [6, 6.07) is 9.98. The highest BCUT2D eigenvalue weighted by Crippen LogP contribution is 2.23. The van der Waals surface area contributed by atoms with Gasteiger partial charge in [0.2, 0.25) is 5.90 Å². The predicted molar refractivity (Wildman–Crippen MR) is 149 cm³/mol. The van der Waals surface area contributed by atoms with Crippen LogP contribution >= 0.6 is 0 Å². The van der Waals surface area contributed by atoms with Gasteiger partial charge in [-0.05, 0) is 76.2 Å². The summed E-state index contributed by atoms with van der Waals surface area (Å²) in [5.41, 5.74) is 0.999. The number of rotatable bonds is 12. The summed E-state index contributed by atoms with van der Waals surface area (Å²) in [5, 5.41) is 0. The van der Waals surface area contributed by atoms with Gasteiger partial charge in [-0.3, -0.25) is 9.79 Å². The van der Waals surface area contributed by atoms with Crippen LogP contribution in [0.2, 0.25) is 0 Å². The van der Waals surface area contributed by atoms with Crippen LogP contribution in [0.4, 0.5) is 0 Å². The number of carbonyl (C=O) groups excluding carboxylic acids is 1. The number of hydrogen-bond acceptors (Lipinski definition) is 5. The minimum absolute atomic E-state index is 0.00648. The van der Waals surface area contributed by atoms with Gasteiger partial charge in [0, 0.05) is 18.5 Å². The van der Waals surface area contributed by atoms with Gasteiger partial charge < -0.3 is 14.2 Å². The van der Waals surface area contributed by atoms with E-state index in [1.807, 2.05) is 56.3 Å². The number of terminal acetylenes is 1. The molecule has 1 aromatic rings. The van der Waals surface area contributed by atoms with E-state index < -0.39 is 0 Å². The SMILES string of the molecule is C#CC.CCN=C(OCCCOC1=C/C=C/C(CCC(CC)C(=O)OC)CC\C=C\1)c1ccccc1. The highest BCUT2D eigenvalue weighted by Gasteiger charge is 2.18. The Morgan fingerprint density at radius 1 is 1.22 bits per heavy atom. The quantitative estimate of drug-likeness (QED) is 0.104. The molecule has 2 atom stereocenters. The monoisotopic (exact) mass is 493 g/mol. The summed E-state index contributed by atoms with van der Waals surface area (Å²) in [5.74, 6) is 4.14. The minimum atomic E-state index is -0.0964. The van der Waals surface area contributed by atoms with Gasteiger partial charge in [0.15, 0.2) is 0 Å². The molecule has 0 radical (unpaired) electrons. The summed E-state index contributed by atoms with van der Waals surface area (Å²) in [7, 11) is 1.47. The molecule has 0 amide bonds. The number of aliphatic imine (C=N–C) groups is 1. The Bertz CT molecular complexity index is 893. The number of benzene rings is 1. The molecular formula is C31H43NO4. The summed E-state index contributed by atoms with van der Waals surface area (Å²) >= 11 is 0. The lowest BCUT2D eigenvalue weighted by Gasteiger charge is -2.16. The standard InChI is InChI=1S/C28H39NO4.C3H4/c1-4-24(28(30)31-3)20-19-23-13-9-10-17-26(18-11-14-23)32-21-12-22-33-27(29-5-2)25-15-7-6-8-16-25;1-3-2/h6-8,10-11,14-18,23-24H,4-5,9,12-13,19-22H2,1-3H3;1H,2H3/b14-11+,17-10+,26-18+,29-27?;. The van der Waals surface area contributed by atoms with Gasteiger partial charge in [-0.1, -0.05) is 43.4 Å². The van der Waals surface area contributed by atoms with Crippen LogP contribution in [-0.4, -0.2) is 38.7 Å². The van der Waals surface area contributed by atoms with Crippen LogP contribution in [-0.2, 0) is 19.0 Å². The summed E-state index contributed by atoms with van der Waals surface area (Å²) in [4.78, 5) is 16.3. The van der Waals surface area contributed by atoms with Crippen LogP contribution in [0.15, 0.2) is 71.5 Å². The smallest absolute Gasteiger partial charge is 0.308 e. The fourth-order valence-electron chi connectivity index (χ4n) is 3.74. The molecule has 0 aliphatic heterocycles. The van der Waals surface area contributed by atoms with Gasteiger partial charge in [0.1, 0.15) is 5.76 Å². The van der Waals surface area contributed by atoms with E-state index in [9.17, 15) is 4.79 Å². The van der Waals surface area contributed by atoms with Crippen LogP contribution in [0.25, 0.3) is 0 Å². The molecule has 196 valence electrons. The van der Waals surface area contributed by atoms with Crippen molar-refractivity contribution in [2.75, 3.05) is 26.9 Å². The van der Waals surface area contributed by atoms with Crippen molar-refractivity contribution in [3.05, 3.63) is 72.0 Å². The lowest BCUT2D eigenvalue weighted by molar-refractivity contribution is -0.145. The van der Waals surface area contributed by atoms with Gasteiger partial charge >= 0.3 is 5.97 Å². The molecule has 2 unspecified atom stereocenters. The second-order valence-electron chi connectivity index (χ2n) is 8.38. The van der Waals surface area contributed by atoms with E-state index in [4.69, 9.17) is 14.2 Å². The first-order valence-corrected chi connectivity index (χ1v) is 12.9. The molecule has 0 bridgehead atoms. The van der Waals surface area contributed by atoms with E-state index in [0.717, 1.165) is 49.8 Å². The highest BCUT2D eigenvalue weighted by molar-refractivity contribution is 5.94. The molecule has 0 aromatic heterocycles. The first-order chi connectivity index (χ1) is 17.6. The zero-order valence-electron chi connectivity index (χ0n) is 22.4.